The van der Waals surface area contributed by atoms with Crippen molar-refractivity contribution < 1.29 is 38.1 Å². The number of halogens is 1. The van der Waals surface area contributed by atoms with Gasteiger partial charge in [0.2, 0.25) is 5.91 Å². The molecule has 10 heteroatoms. The summed E-state index contributed by atoms with van der Waals surface area (Å²) in [6.45, 7) is 0.925. The molecule has 4 rings (SSSR count). The lowest BCUT2D eigenvalue weighted by atomic mass is 10.0. The summed E-state index contributed by atoms with van der Waals surface area (Å²) >= 11 is 0. The number of aliphatic carboxylic acids is 1. The number of benzene rings is 2. The molecule has 0 spiro atoms. The van der Waals surface area contributed by atoms with Crippen LogP contribution in [0.4, 0.5) is 4.39 Å². The van der Waals surface area contributed by atoms with E-state index in [4.69, 9.17) is 14.2 Å². The van der Waals surface area contributed by atoms with E-state index in [9.17, 15) is 23.9 Å². The Morgan fingerprint density at radius 2 is 1.65 bits per heavy atom. The van der Waals surface area contributed by atoms with Crippen LogP contribution in [-0.2, 0) is 19.1 Å². The fraction of sp³-hybridized carbons (Fsp3) is 0.375. The van der Waals surface area contributed by atoms with Crippen molar-refractivity contribution in [3.8, 4) is 11.5 Å². The molecule has 2 amide bonds. The quantitative estimate of drug-likeness (QED) is 0.636. The molecule has 2 saturated heterocycles. The van der Waals surface area contributed by atoms with Gasteiger partial charge in [0.25, 0.3) is 5.91 Å². The predicted molar refractivity (Wildman–Crippen MR) is 117 cm³/mol. The second-order valence-electron chi connectivity index (χ2n) is 8.12. The molecule has 2 heterocycles. The molecule has 0 radical (unpaired) electrons. The molecule has 0 unspecified atom stereocenters. The van der Waals surface area contributed by atoms with Gasteiger partial charge in [0, 0.05) is 18.0 Å². The standard InChI is InChI=1S/C24H25FN2O7/c25-17-4-8-19(9-5-17)34-18-6-2-15(3-7-18)22(29)26-13-21(28)27-14-16(12-20(27)23(30)31)24-32-10-1-11-33-24/h2-9,16,20,24H,1,10-14H2,(H,26,29)(H,30,31)/t16-,20-/m0/s1. The number of likely N-dealkylation sites (tertiary alicyclic amines) is 1. The van der Waals surface area contributed by atoms with Crippen LogP contribution in [0.1, 0.15) is 23.2 Å². The van der Waals surface area contributed by atoms with E-state index in [0.717, 1.165) is 6.42 Å². The Morgan fingerprint density at radius 3 is 2.26 bits per heavy atom. The summed E-state index contributed by atoms with van der Waals surface area (Å²) in [5, 5.41) is 12.1. The number of carboxylic acid groups (broad SMARTS) is 1. The van der Waals surface area contributed by atoms with Gasteiger partial charge >= 0.3 is 5.97 Å². The first kappa shape index (κ1) is 23.7. The molecule has 2 aliphatic rings. The topological polar surface area (TPSA) is 114 Å². The van der Waals surface area contributed by atoms with Crippen LogP contribution in [0.15, 0.2) is 48.5 Å². The van der Waals surface area contributed by atoms with Crippen LogP contribution in [0.5, 0.6) is 11.5 Å². The van der Waals surface area contributed by atoms with E-state index in [-0.39, 0.29) is 31.2 Å². The van der Waals surface area contributed by atoms with Gasteiger partial charge in [-0.05, 0) is 61.4 Å². The zero-order valence-corrected chi connectivity index (χ0v) is 18.3. The lowest BCUT2D eigenvalue weighted by molar-refractivity contribution is -0.202. The third-order valence-corrected chi connectivity index (χ3v) is 5.74. The van der Waals surface area contributed by atoms with Crippen LogP contribution in [0.3, 0.4) is 0 Å². The minimum absolute atomic E-state index is 0.186. The fourth-order valence-corrected chi connectivity index (χ4v) is 4.03. The van der Waals surface area contributed by atoms with E-state index in [1.807, 2.05) is 0 Å². The molecule has 0 aliphatic carbocycles. The SMILES string of the molecule is O=C(NCC(=O)N1C[C@@H](C2OCCCO2)C[C@H]1C(=O)O)c1ccc(Oc2ccc(F)cc2)cc1. The van der Waals surface area contributed by atoms with Crippen LogP contribution in [0, 0.1) is 11.7 Å². The Morgan fingerprint density at radius 1 is 1.03 bits per heavy atom. The molecule has 0 aromatic heterocycles. The number of rotatable bonds is 7. The monoisotopic (exact) mass is 472 g/mol. The maximum atomic E-state index is 13.0. The molecule has 2 aromatic rings. The minimum Gasteiger partial charge on any atom is -0.480 e. The van der Waals surface area contributed by atoms with Gasteiger partial charge in [-0.1, -0.05) is 0 Å². The maximum Gasteiger partial charge on any atom is 0.326 e. The Labute approximate surface area is 195 Å². The molecule has 0 bridgehead atoms. The highest BCUT2D eigenvalue weighted by atomic mass is 19.1. The smallest absolute Gasteiger partial charge is 0.326 e. The predicted octanol–water partition coefficient (Wildman–Crippen LogP) is 2.41. The molecular weight excluding hydrogens is 447 g/mol. The molecule has 9 nitrogen and oxygen atoms in total. The van der Waals surface area contributed by atoms with Crippen molar-refractivity contribution in [1.82, 2.24) is 10.2 Å². The minimum atomic E-state index is -1.10. The zero-order chi connectivity index (χ0) is 24.1. The molecular formula is C24H25FN2O7. The lowest BCUT2D eigenvalue weighted by Gasteiger charge is -2.28. The second-order valence-corrected chi connectivity index (χ2v) is 8.12. The molecule has 2 aliphatic heterocycles. The first-order valence-electron chi connectivity index (χ1n) is 11.0. The van der Waals surface area contributed by atoms with E-state index in [1.54, 1.807) is 12.1 Å². The molecule has 180 valence electrons. The van der Waals surface area contributed by atoms with E-state index >= 15 is 0 Å². The Kier molecular flexibility index (Phi) is 7.39. The van der Waals surface area contributed by atoms with Gasteiger partial charge in [0.05, 0.1) is 19.8 Å². The van der Waals surface area contributed by atoms with Crippen molar-refractivity contribution in [2.24, 2.45) is 5.92 Å². The number of amides is 2. The summed E-state index contributed by atoms with van der Waals surface area (Å²) in [5.74, 6) is -1.78. The van der Waals surface area contributed by atoms with Crippen molar-refractivity contribution >= 4 is 17.8 Å². The first-order chi connectivity index (χ1) is 16.4. The van der Waals surface area contributed by atoms with E-state index < -0.39 is 30.1 Å². The van der Waals surface area contributed by atoms with E-state index in [1.165, 1.54) is 41.3 Å². The van der Waals surface area contributed by atoms with Crippen molar-refractivity contribution in [2.45, 2.75) is 25.2 Å². The van der Waals surface area contributed by atoms with Crippen molar-refractivity contribution in [3.05, 3.63) is 59.9 Å². The number of nitrogens with zero attached hydrogens (tertiary/aromatic N) is 1. The summed E-state index contributed by atoms with van der Waals surface area (Å²) in [7, 11) is 0. The van der Waals surface area contributed by atoms with Crippen LogP contribution in [0.2, 0.25) is 0 Å². The molecule has 2 aromatic carbocycles. The number of hydrogen-bond acceptors (Lipinski definition) is 6. The van der Waals surface area contributed by atoms with Crippen LogP contribution in [-0.4, -0.2) is 66.4 Å². The van der Waals surface area contributed by atoms with Crippen LogP contribution >= 0.6 is 0 Å². The molecule has 2 atom stereocenters. The molecule has 2 fully saturated rings. The highest BCUT2D eigenvalue weighted by Gasteiger charge is 2.43. The second kappa shape index (κ2) is 10.6. The summed E-state index contributed by atoms with van der Waals surface area (Å²) in [6.07, 6.45) is 0.480. The van der Waals surface area contributed by atoms with Gasteiger partial charge in [-0.25, -0.2) is 9.18 Å². The first-order valence-corrected chi connectivity index (χ1v) is 11.0. The molecule has 34 heavy (non-hydrogen) atoms. The van der Waals surface area contributed by atoms with Gasteiger partial charge in [-0.3, -0.25) is 9.59 Å². The Hall–Kier alpha value is -3.50. The Balaban J connectivity index is 1.31. The average Bonchev–Trinajstić information content (AvgIpc) is 3.31. The normalized spacial score (nSPS) is 20.7. The van der Waals surface area contributed by atoms with Crippen molar-refractivity contribution in [2.75, 3.05) is 26.3 Å². The van der Waals surface area contributed by atoms with Gasteiger partial charge in [-0.2, -0.15) is 0 Å². The highest BCUT2D eigenvalue weighted by molar-refractivity contribution is 5.97. The third-order valence-electron chi connectivity index (χ3n) is 5.74. The van der Waals surface area contributed by atoms with Crippen molar-refractivity contribution in [3.63, 3.8) is 0 Å². The number of hydrogen-bond donors (Lipinski definition) is 2. The number of carbonyl (C=O) groups excluding carboxylic acids is 2. The summed E-state index contributed by atoms with van der Waals surface area (Å²) < 4.78 is 29.7. The lowest BCUT2D eigenvalue weighted by Crippen LogP contribution is -2.45. The zero-order valence-electron chi connectivity index (χ0n) is 18.3. The van der Waals surface area contributed by atoms with Gasteiger partial charge < -0.3 is 29.5 Å². The molecule has 2 N–H and O–H groups in total. The average molecular weight is 472 g/mol. The largest absolute Gasteiger partial charge is 0.480 e. The van der Waals surface area contributed by atoms with Gasteiger partial charge in [0.15, 0.2) is 6.29 Å². The summed E-state index contributed by atoms with van der Waals surface area (Å²) in [6, 6.07) is 10.8. The van der Waals surface area contributed by atoms with E-state index in [0.29, 0.717) is 30.3 Å². The summed E-state index contributed by atoms with van der Waals surface area (Å²) in [5.41, 5.74) is 0.303. The van der Waals surface area contributed by atoms with E-state index in [2.05, 4.69) is 5.32 Å². The Bertz CT molecular complexity index is 1020. The maximum absolute atomic E-state index is 13.0. The van der Waals surface area contributed by atoms with Crippen molar-refractivity contribution in [1.29, 1.82) is 0 Å². The third kappa shape index (κ3) is 5.70. The number of carboxylic acids is 1. The summed E-state index contributed by atoms with van der Waals surface area (Å²) in [4.78, 5) is 38.2. The van der Waals surface area contributed by atoms with Gasteiger partial charge in [-0.15, -0.1) is 0 Å². The number of ether oxygens (including phenoxy) is 3. The van der Waals surface area contributed by atoms with Gasteiger partial charge in [0.1, 0.15) is 23.4 Å². The highest BCUT2D eigenvalue weighted by Crippen LogP contribution is 2.29. The van der Waals surface area contributed by atoms with Crippen LogP contribution < -0.4 is 10.1 Å². The number of carbonyl (C=O) groups is 3. The number of nitrogens with one attached hydrogen (secondary N) is 1. The molecule has 0 saturated carbocycles. The fourth-order valence-electron chi connectivity index (χ4n) is 4.03. The van der Waals surface area contributed by atoms with Crippen LogP contribution in [0.25, 0.3) is 0 Å².